The minimum absolute atomic E-state index is 0.123. The first-order valence-electron chi connectivity index (χ1n) is 6.04. The van der Waals surface area contributed by atoms with Gasteiger partial charge in [0.05, 0.1) is 24.0 Å². The third-order valence-corrected chi connectivity index (χ3v) is 2.83. The van der Waals surface area contributed by atoms with E-state index >= 15 is 0 Å². The standard InChI is InChI=1S/C15H12ClN3O2/c16-11-3-4-13(10(8-11)2-1-6-17)19-15(21)12-5-7-18-9-14(12)20/h3-5,7-9,20H,6,17H2,(H,19,21). The fraction of sp³-hybridized carbons (Fsp3) is 0.0667. The van der Waals surface area contributed by atoms with Crippen LogP contribution in [0.15, 0.2) is 36.7 Å². The number of carbonyl (C=O) groups excluding carboxylic acids is 1. The van der Waals surface area contributed by atoms with E-state index in [4.69, 9.17) is 17.3 Å². The first-order valence-corrected chi connectivity index (χ1v) is 6.42. The molecular weight excluding hydrogens is 290 g/mol. The number of hydrogen-bond donors (Lipinski definition) is 3. The number of rotatable bonds is 2. The Bertz CT molecular complexity index is 735. The van der Waals surface area contributed by atoms with Crippen LogP contribution in [0.4, 0.5) is 5.69 Å². The molecule has 5 nitrogen and oxygen atoms in total. The van der Waals surface area contributed by atoms with E-state index in [9.17, 15) is 9.90 Å². The van der Waals surface area contributed by atoms with Crippen molar-refractivity contribution in [3.05, 3.63) is 52.8 Å². The average molecular weight is 302 g/mol. The minimum atomic E-state index is -0.465. The van der Waals surface area contributed by atoms with Crippen LogP contribution < -0.4 is 11.1 Å². The lowest BCUT2D eigenvalue weighted by atomic mass is 10.1. The summed E-state index contributed by atoms with van der Waals surface area (Å²) in [6.07, 6.45) is 2.62. The number of amides is 1. The molecule has 1 aromatic carbocycles. The summed E-state index contributed by atoms with van der Waals surface area (Å²) < 4.78 is 0. The third kappa shape index (κ3) is 3.72. The Hall–Kier alpha value is -2.55. The van der Waals surface area contributed by atoms with Gasteiger partial charge in [0, 0.05) is 16.8 Å². The van der Waals surface area contributed by atoms with Crippen LogP contribution in [-0.2, 0) is 0 Å². The summed E-state index contributed by atoms with van der Waals surface area (Å²) in [6, 6.07) is 6.33. The maximum Gasteiger partial charge on any atom is 0.259 e. The third-order valence-electron chi connectivity index (χ3n) is 2.60. The predicted octanol–water partition coefficient (Wildman–Crippen LogP) is 2.00. The van der Waals surface area contributed by atoms with Crippen LogP contribution in [0, 0.1) is 11.8 Å². The number of aromatic nitrogens is 1. The Morgan fingerprint density at radius 2 is 2.24 bits per heavy atom. The molecule has 1 aromatic heterocycles. The second-order valence-corrected chi connectivity index (χ2v) is 4.48. The number of anilines is 1. The number of nitrogens with two attached hydrogens (primary N) is 1. The quantitative estimate of drug-likeness (QED) is 0.740. The van der Waals surface area contributed by atoms with E-state index < -0.39 is 5.91 Å². The summed E-state index contributed by atoms with van der Waals surface area (Å²) >= 11 is 5.91. The summed E-state index contributed by atoms with van der Waals surface area (Å²) in [5.41, 5.74) is 6.50. The highest BCUT2D eigenvalue weighted by atomic mass is 35.5. The van der Waals surface area contributed by atoms with Gasteiger partial charge >= 0.3 is 0 Å². The number of benzene rings is 1. The Labute approximate surface area is 126 Å². The molecule has 0 aliphatic rings. The van der Waals surface area contributed by atoms with Crippen LogP contribution in [0.1, 0.15) is 15.9 Å². The molecule has 106 valence electrons. The van der Waals surface area contributed by atoms with Gasteiger partial charge in [0.15, 0.2) is 0 Å². The second-order valence-electron chi connectivity index (χ2n) is 4.04. The monoisotopic (exact) mass is 301 g/mol. The fourth-order valence-electron chi connectivity index (χ4n) is 1.64. The highest BCUT2D eigenvalue weighted by Crippen LogP contribution is 2.22. The van der Waals surface area contributed by atoms with E-state index in [1.807, 2.05) is 0 Å². The summed E-state index contributed by atoms with van der Waals surface area (Å²) in [4.78, 5) is 15.9. The first-order chi connectivity index (χ1) is 10.1. The van der Waals surface area contributed by atoms with E-state index in [0.717, 1.165) is 0 Å². The van der Waals surface area contributed by atoms with Crippen molar-refractivity contribution < 1.29 is 9.90 Å². The summed E-state index contributed by atoms with van der Waals surface area (Å²) in [6.45, 7) is 0.199. The Kier molecular flexibility index (Phi) is 4.77. The van der Waals surface area contributed by atoms with E-state index in [-0.39, 0.29) is 17.9 Å². The molecule has 1 heterocycles. The van der Waals surface area contributed by atoms with Gasteiger partial charge in [-0.05, 0) is 24.3 Å². The van der Waals surface area contributed by atoms with Gasteiger partial charge in [0.25, 0.3) is 5.91 Å². The van der Waals surface area contributed by atoms with Crippen LogP contribution in [0.3, 0.4) is 0 Å². The zero-order chi connectivity index (χ0) is 15.2. The van der Waals surface area contributed by atoms with Gasteiger partial charge in [-0.1, -0.05) is 23.4 Å². The van der Waals surface area contributed by atoms with Crippen molar-refractivity contribution in [3.63, 3.8) is 0 Å². The predicted molar refractivity (Wildman–Crippen MR) is 81.2 cm³/mol. The molecule has 6 heteroatoms. The lowest BCUT2D eigenvalue weighted by Crippen LogP contribution is -2.13. The summed E-state index contributed by atoms with van der Waals surface area (Å²) in [5.74, 6) is 4.88. The van der Waals surface area contributed by atoms with Gasteiger partial charge in [0.1, 0.15) is 5.75 Å². The minimum Gasteiger partial charge on any atom is -0.505 e. The van der Waals surface area contributed by atoms with Crippen molar-refractivity contribution in [2.45, 2.75) is 0 Å². The van der Waals surface area contributed by atoms with Crippen molar-refractivity contribution >= 4 is 23.2 Å². The number of nitrogens with one attached hydrogen (secondary N) is 1. The molecule has 2 aromatic rings. The molecule has 4 N–H and O–H groups in total. The molecule has 2 rings (SSSR count). The number of halogens is 1. The highest BCUT2D eigenvalue weighted by Gasteiger charge is 2.12. The van der Waals surface area contributed by atoms with Crippen molar-refractivity contribution in [2.24, 2.45) is 5.73 Å². The van der Waals surface area contributed by atoms with E-state index in [1.54, 1.807) is 18.2 Å². The number of pyridine rings is 1. The molecular formula is C15H12ClN3O2. The Morgan fingerprint density at radius 3 is 2.95 bits per heavy atom. The molecule has 0 atom stereocenters. The fourth-order valence-corrected chi connectivity index (χ4v) is 1.82. The Balaban J connectivity index is 2.31. The zero-order valence-corrected chi connectivity index (χ0v) is 11.7. The molecule has 0 unspecified atom stereocenters. The van der Waals surface area contributed by atoms with Crippen LogP contribution in [0.25, 0.3) is 0 Å². The number of hydrogen-bond acceptors (Lipinski definition) is 4. The topological polar surface area (TPSA) is 88.2 Å². The highest BCUT2D eigenvalue weighted by molar-refractivity contribution is 6.30. The van der Waals surface area contributed by atoms with Gasteiger partial charge in [-0.25, -0.2) is 0 Å². The van der Waals surface area contributed by atoms with Crippen LogP contribution >= 0.6 is 11.6 Å². The summed E-state index contributed by atoms with van der Waals surface area (Å²) in [5, 5.41) is 12.8. The molecule has 0 saturated carbocycles. The van der Waals surface area contributed by atoms with Crippen molar-refractivity contribution in [1.29, 1.82) is 0 Å². The maximum atomic E-state index is 12.1. The molecule has 0 radical (unpaired) electrons. The number of carbonyl (C=O) groups is 1. The second kappa shape index (κ2) is 6.75. The number of aromatic hydroxyl groups is 1. The van der Waals surface area contributed by atoms with Crippen molar-refractivity contribution in [3.8, 4) is 17.6 Å². The van der Waals surface area contributed by atoms with E-state index in [1.165, 1.54) is 18.5 Å². The average Bonchev–Trinajstić information content (AvgIpc) is 2.47. The van der Waals surface area contributed by atoms with Crippen LogP contribution in [0.2, 0.25) is 5.02 Å². The lowest BCUT2D eigenvalue weighted by Gasteiger charge is -2.09. The van der Waals surface area contributed by atoms with Gasteiger partial charge < -0.3 is 16.2 Å². The molecule has 0 bridgehead atoms. The largest absolute Gasteiger partial charge is 0.505 e. The zero-order valence-electron chi connectivity index (χ0n) is 10.9. The van der Waals surface area contributed by atoms with Gasteiger partial charge in [0.2, 0.25) is 0 Å². The molecule has 0 saturated heterocycles. The molecule has 1 amide bonds. The molecule has 0 aliphatic heterocycles. The molecule has 21 heavy (non-hydrogen) atoms. The molecule has 0 aliphatic carbocycles. The van der Waals surface area contributed by atoms with Crippen LogP contribution in [0.5, 0.6) is 5.75 Å². The maximum absolute atomic E-state index is 12.1. The number of nitrogens with zero attached hydrogens (tertiary/aromatic N) is 1. The van der Waals surface area contributed by atoms with Crippen LogP contribution in [-0.4, -0.2) is 22.5 Å². The normalized spacial score (nSPS) is 9.62. The first kappa shape index (κ1) is 14.9. The Morgan fingerprint density at radius 1 is 1.43 bits per heavy atom. The van der Waals surface area contributed by atoms with Crippen molar-refractivity contribution in [2.75, 3.05) is 11.9 Å². The van der Waals surface area contributed by atoms with E-state index in [0.29, 0.717) is 16.3 Å². The molecule has 0 spiro atoms. The van der Waals surface area contributed by atoms with E-state index in [2.05, 4.69) is 22.1 Å². The SMILES string of the molecule is NCC#Cc1cc(Cl)ccc1NC(=O)c1ccncc1O. The smallest absolute Gasteiger partial charge is 0.259 e. The van der Waals surface area contributed by atoms with Crippen molar-refractivity contribution in [1.82, 2.24) is 4.98 Å². The van der Waals surface area contributed by atoms with Gasteiger partial charge in [-0.15, -0.1) is 0 Å². The molecule has 0 fully saturated rings. The lowest BCUT2D eigenvalue weighted by molar-refractivity contribution is 0.102. The summed E-state index contributed by atoms with van der Waals surface area (Å²) in [7, 11) is 0. The van der Waals surface area contributed by atoms with Gasteiger partial charge in [-0.3, -0.25) is 9.78 Å². The van der Waals surface area contributed by atoms with Gasteiger partial charge in [-0.2, -0.15) is 0 Å².